The smallest absolute Gasteiger partial charge is 0.241 e. The fraction of sp³-hybridized carbons (Fsp3) is 0.944. The lowest BCUT2D eigenvalue weighted by Crippen LogP contribution is -2.82. The van der Waals surface area contributed by atoms with Crippen molar-refractivity contribution in [3.05, 3.63) is 0 Å². The van der Waals surface area contributed by atoms with E-state index in [0.717, 1.165) is 26.0 Å². The van der Waals surface area contributed by atoms with Crippen molar-refractivity contribution in [3.63, 3.8) is 0 Å². The van der Waals surface area contributed by atoms with Gasteiger partial charge >= 0.3 is 0 Å². The van der Waals surface area contributed by atoms with E-state index in [1.54, 1.807) is 0 Å². The molecule has 1 amide bonds. The zero-order valence-electron chi connectivity index (χ0n) is 15.8. The number of likely N-dealkylation sites (N-methyl/N-ethyl adjacent to an activating group) is 1. The Labute approximate surface area is 164 Å². The maximum atomic E-state index is 12.8. The number of fused-ring (bicyclic) bond motifs is 1. The van der Waals surface area contributed by atoms with Crippen LogP contribution in [0, 0.1) is 11.3 Å². The SMILES string of the molecule is CN(CCNC(=O)C1(N)C2CCCOC2C1(C)C)C1CCCC1.Cl.Cl. The highest BCUT2D eigenvalue weighted by Crippen LogP contribution is 2.57. The molecule has 5 nitrogen and oxygen atoms in total. The predicted octanol–water partition coefficient (Wildman–Crippen LogP) is 2.35. The van der Waals surface area contributed by atoms with Crippen LogP contribution < -0.4 is 11.1 Å². The highest BCUT2D eigenvalue weighted by atomic mass is 35.5. The number of halogens is 2. The lowest BCUT2D eigenvalue weighted by atomic mass is 9.46. The van der Waals surface area contributed by atoms with E-state index in [1.807, 2.05) is 0 Å². The predicted molar refractivity (Wildman–Crippen MR) is 106 cm³/mol. The zero-order valence-corrected chi connectivity index (χ0v) is 17.4. The molecular formula is C18H35Cl2N3O2. The molecule has 3 fully saturated rings. The number of hydrogen-bond donors (Lipinski definition) is 2. The topological polar surface area (TPSA) is 67.6 Å². The molecule has 0 radical (unpaired) electrons. The Morgan fingerprint density at radius 2 is 1.84 bits per heavy atom. The third-order valence-corrected chi connectivity index (χ3v) is 6.76. The minimum Gasteiger partial charge on any atom is -0.377 e. The summed E-state index contributed by atoms with van der Waals surface area (Å²) in [4.78, 5) is 15.2. The van der Waals surface area contributed by atoms with Gasteiger partial charge < -0.3 is 20.7 Å². The monoisotopic (exact) mass is 395 g/mol. The number of nitrogens with two attached hydrogens (primary N) is 1. The molecule has 148 valence electrons. The number of hydrogen-bond acceptors (Lipinski definition) is 4. The Bertz CT molecular complexity index is 458. The zero-order chi connectivity index (χ0) is 16.7. The van der Waals surface area contributed by atoms with Gasteiger partial charge in [-0.05, 0) is 32.7 Å². The van der Waals surface area contributed by atoms with E-state index in [9.17, 15) is 4.79 Å². The molecule has 25 heavy (non-hydrogen) atoms. The molecule has 2 saturated carbocycles. The second kappa shape index (κ2) is 8.75. The van der Waals surface area contributed by atoms with E-state index >= 15 is 0 Å². The van der Waals surface area contributed by atoms with Gasteiger partial charge in [0, 0.05) is 37.1 Å². The van der Waals surface area contributed by atoms with Crippen LogP contribution in [-0.2, 0) is 9.53 Å². The second-order valence-corrected chi connectivity index (χ2v) is 8.31. The van der Waals surface area contributed by atoms with Crippen molar-refractivity contribution in [1.29, 1.82) is 0 Å². The van der Waals surface area contributed by atoms with Gasteiger partial charge in [0.05, 0.1) is 6.10 Å². The van der Waals surface area contributed by atoms with Crippen LogP contribution >= 0.6 is 24.8 Å². The Balaban J connectivity index is 0.00000156. The number of ether oxygens (including phenoxy) is 1. The lowest BCUT2D eigenvalue weighted by Gasteiger charge is -2.65. The molecule has 1 saturated heterocycles. The average molecular weight is 396 g/mol. The van der Waals surface area contributed by atoms with E-state index in [-0.39, 0.29) is 48.2 Å². The first-order valence-corrected chi connectivity index (χ1v) is 9.28. The van der Waals surface area contributed by atoms with E-state index < -0.39 is 5.54 Å². The van der Waals surface area contributed by atoms with Crippen LogP contribution in [0.2, 0.25) is 0 Å². The van der Waals surface area contributed by atoms with Crippen LogP contribution in [0.5, 0.6) is 0 Å². The van der Waals surface area contributed by atoms with Gasteiger partial charge in [0.2, 0.25) is 5.91 Å². The minimum atomic E-state index is -0.788. The largest absolute Gasteiger partial charge is 0.377 e. The Kier molecular flexibility index (Phi) is 8.04. The molecule has 3 aliphatic rings. The Hall–Kier alpha value is -0.0700. The summed E-state index contributed by atoms with van der Waals surface area (Å²) in [5, 5.41) is 3.11. The molecule has 3 atom stereocenters. The van der Waals surface area contributed by atoms with Gasteiger partial charge in [0.1, 0.15) is 5.54 Å². The van der Waals surface area contributed by atoms with Gasteiger partial charge in [0.25, 0.3) is 0 Å². The van der Waals surface area contributed by atoms with Crippen molar-refractivity contribution in [1.82, 2.24) is 10.2 Å². The van der Waals surface area contributed by atoms with Crippen molar-refractivity contribution in [2.24, 2.45) is 17.1 Å². The van der Waals surface area contributed by atoms with Crippen molar-refractivity contribution >= 4 is 30.7 Å². The average Bonchev–Trinajstić information content (AvgIpc) is 3.08. The summed E-state index contributed by atoms with van der Waals surface area (Å²) in [6.07, 6.45) is 7.40. The van der Waals surface area contributed by atoms with Crippen molar-refractivity contribution in [3.8, 4) is 0 Å². The van der Waals surface area contributed by atoms with Crippen molar-refractivity contribution < 1.29 is 9.53 Å². The van der Waals surface area contributed by atoms with Crippen LogP contribution in [0.3, 0.4) is 0 Å². The summed E-state index contributed by atoms with van der Waals surface area (Å²) in [7, 11) is 2.17. The fourth-order valence-corrected chi connectivity index (χ4v) is 5.06. The molecule has 0 aromatic carbocycles. The maximum Gasteiger partial charge on any atom is 0.241 e. The molecule has 0 spiro atoms. The number of carbonyl (C=O) groups excluding carboxylic acids is 1. The van der Waals surface area contributed by atoms with E-state index in [4.69, 9.17) is 10.5 Å². The van der Waals surface area contributed by atoms with Crippen LogP contribution in [0.4, 0.5) is 0 Å². The van der Waals surface area contributed by atoms with Gasteiger partial charge in [-0.2, -0.15) is 0 Å². The molecule has 1 aliphatic heterocycles. The number of carbonyl (C=O) groups is 1. The fourth-order valence-electron chi connectivity index (χ4n) is 5.06. The third kappa shape index (κ3) is 3.81. The van der Waals surface area contributed by atoms with Crippen LogP contribution in [0.25, 0.3) is 0 Å². The summed E-state index contributed by atoms with van der Waals surface area (Å²) in [5.74, 6) is 0.174. The number of amides is 1. The minimum absolute atomic E-state index is 0. The quantitative estimate of drug-likeness (QED) is 0.749. The number of nitrogens with zero attached hydrogens (tertiary/aromatic N) is 1. The maximum absolute atomic E-state index is 12.8. The van der Waals surface area contributed by atoms with Crippen LogP contribution in [0.1, 0.15) is 52.4 Å². The van der Waals surface area contributed by atoms with Crippen molar-refractivity contribution in [2.75, 3.05) is 26.7 Å². The molecular weight excluding hydrogens is 361 g/mol. The molecule has 0 bridgehead atoms. The lowest BCUT2D eigenvalue weighted by molar-refractivity contribution is -0.225. The normalized spacial score (nSPS) is 33.6. The van der Waals surface area contributed by atoms with Gasteiger partial charge in [0.15, 0.2) is 0 Å². The van der Waals surface area contributed by atoms with Crippen LogP contribution in [-0.4, -0.2) is 55.2 Å². The molecule has 3 rings (SSSR count). The van der Waals surface area contributed by atoms with E-state index in [0.29, 0.717) is 12.6 Å². The summed E-state index contributed by atoms with van der Waals surface area (Å²) < 4.78 is 5.88. The molecule has 3 unspecified atom stereocenters. The summed E-state index contributed by atoms with van der Waals surface area (Å²) >= 11 is 0. The summed E-state index contributed by atoms with van der Waals surface area (Å²) in [5.41, 5.74) is 5.53. The molecule has 0 aromatic rings. The molecule has 2 aliphatic carbocycles. The molecule has 3 N–H and O–H groups in total. The highest BCUT2D eigenvalue weighted by Gasteiger charge is 2.70. The Morgan fingerprint density at radius 3 is 2.48 bits per heavy atom. The number of rotatable bonds is 5. The van der Waals surface area contributed by atoms with E-state index in [2.05, 4.69) is 31.1 Å². The first-order valence-electron chi connectivity index (χ1n) is 9.28. The molecule has 1 heterocycles. The van der Waals surface area contributed by atoms with Gasteiger partial charge in [-0.1, -0.05) is 26.7 Å². The van der Waals surface area contributed by atoms with E-state index in [1.165, 1.54) is 25.7 Å². The Morgan fingerprint density at radius 1 is 1.20 bits per heavy atom. The van der Waals surface area contributed by atoms with Crippen molar-refractivity contribution in [2.45, 2.75) is 70.1 Å². The third-order valence-electron chi connectivity index (χ3n) is 6.76. The molecule has 0 aromatic heterocycles. The van der Waals surface area contributed by atoms with Crippen LogP contribution in [0.15, 0.2) is 0 Å². The van der Waals surface area contributed by atoms with Gasteiger partial charge in [-0.3, -0.25) is 4.79 Å². The van der Waals surface area contributed by atoms with Gasteiger partial charge in [-0.15, -0.1) is 24.8 Å². The van der Waals surface area contributed by atoms with Gasteiger partial charge in [-0.25, -0.2) is 0 Å². The standard InChI is InChI=1S/C18H33N3O2.2ClH/c1-17(2)15-14(9-6-12-23-15)18(17,19)16(22)20-10-11-21(3)13-7-4-5-8-13;;/h13-15H,4-12,19H2,1-3H3,(H,20,22);2*1H. The summed E-state index contributed by atoms with van der Waals surface area (Å²) in [6.45, 7) is 6.53. The summed E-state index contributed by atoms with van der Waals surface area (Å²) in [6, 6.07) is 0.690. The second-order valence-electron chi connectivity index (χ2n) is 8.31. The molecule has 7 heteroatoms. The number of nitrogens with one attached hydrogen (secondary N) is 1. The first kappa shape index (κ1) is 23.0. The first-order chi connectivity index (χ1) is 10.9. The highest BCUT2D eigenvalue weighted by molar-refractivity contribution is 5.89.